The van der Waals surface area contributed by atoms with Crippen LogP contribution in [-0.4, -0.2) is 38.9 Å². The number of nitrogens with one attached hydrogen (secondary N) is 1. The molecule has 0 heterocycles. The van der Waals surface area contributed by atoms with Crippen LogP contribution in [0.5, 0.6) is 0 Å². The zero-order valence-electron chi connectivity index (χ0n) is 8.35. The van der Waals surface area contributed by atoms with Gasteiger partial charge in [-0.15, -0.1) is 0 Å². The Kier molecular flexibility index (Phi) is 8.92. The summed E-state index contributed by atoms with van der Waals surface area (Å²) in [7, 11) is 0. The maximum atomic E-state index is 10.8. The van der Waals surface area contributed by atoms with E-state index in [1.807, 2.05) is 0 Å². The van der Waals surface area contributed by atoms with Crippen molar-refractivity contribution in [3.8, 4) is 0 Å². The Morgan fingerprint density at radius 2 is 2.29 bits per heavy atom. The number of carbonyl (C=O) groups excluding carboxylic acids is 1. The Hall–Kier alpha value is -0.390. The predicted octanol–water partition coefficient (Wildman–Crippen LogP) is 1.06. The van der Waals surface area contributed by atoms with Crippen LogP contribution in [0.3, 0.4) is 0 Å². The molecule has 0 aliphatic heterocycles. The van der Waals surface area contributed by atoms with E-state index in [1.165, 1.54) is 0 Å². The van der Waals surface area contributed by atoms with Crippen molar-refractivity contribution in [3.63, 3.8) is 0 Å². The van der Waals surface area contributed by atoms with Crippen LogP contribution in [0, 0.1) is 0 Å². The molecule has 0 radical (unpaired) electrons. The largest absolute Gasteiger partial charge is 0.464 e. The normalized spacial score (nSPS) is 9.86. The van der Waals surface area contributed by atoms with Gasteiger partial charge in [-0.1, -0.05) is 22.5 Å². The zero-order chi connectivity index (χ0) is 10.8. The van der Waals surface area contributed by atoms with E-state index in [0.29, 0.717) is 26.3 Å². The molecule has 0 saturated carbocycles. The van der Waals surface area contributed by atoms with Crippen molar-refractivity contribution in [1.29, 1.82) is 0 Å². The van der Waals surface area contributed by atoms with E-state index < -0.39 is 0 Å². The number of hydrogen-bond acceptors (Lipinski definition) is 4. The first-order valence-electron chi connectivity index (χ1n) is 4.44. The fourth-order valence-corrected chi connectivity index (χ4v) is 0.925. The van der Waals surface area contributed by atoms with Gasteiger partial charge in [0.2, 0.25) is 0 Å². The van der Waals surface area contributed by atoms with Crippen LogP contribution in [0.4, 0.5) is 0 Å². The van der Waals surface area contributed by atoms with Gasteiger partial charge in [0.25, 0.3) is 0 Å². The number of halogens is 1. The molecular weight excluding hydrogens is 250 g/mol. The minimum atomic E-state index is -0.322. The summed E-state index contributed by atoms with van der Waals surface area (Å²) in [6, 6.07) is 0. The van der Waals surface area contributed by atoms with E-state index in [0.717, 1.165) is 4.48 Å². The smallest absolute Gasteiger partial charge is 0.332 e. The topological polar surface area (TPSA) is 47.6 Å². The molecule has 0 atom stereocenters. The highest BCUT2D eigenvalue weighted by Gasteiger charge is 1.99. The maximum absolute atomic E-state index is 10.8. The summed E-state index contributed by atoms with van der Waals surface area (Å²) in [6.07, 6.45) is 0. The Morgan fingerprint density at radius 1 is 1.57 bits per heavy atom. The summed E-state index contributed by atoms with van der Waals surface area (Å²) in [4.78, 5) is 10.8. The van der Waals surface area contributed by atoms with Crippen molar-refractivity contribution < 1.29 is 14.3 Å². The molecule has 14 heavy (non-hydrogen) atoms. The van der Waals surface area contributed by atoms with Gasteiger partial charge >= 0.3 is 5.97 Å². The van der Waals surface area contributed by atoms with E-state index in [1.54, 1.807) is 6.92 Å². The lowest BCUT2D eigenvalue weighted by Crippen LogP contribution is -2.22. The Balaban J connectivity index is 3.13. The number of rotatable bonds is 8. The van der Waals surface area contributed by atoms with Crippen molar-refractivity contribution in [1.82, 2.24) is 5.32 Å². The molecule has 0 aromatic heterocycles. The summed E-state index contributed by atoms with van der Waals surface area (Å²) < 4.78 is 10.6. The van der Waals surface area contributed by atoms with E-state index >= 15 is 0 Å². The molecular formula is C9H16BrNO3. The Labute approximate surface area is 92.8 Å². The SMILES string of the molecule is C=C(Br)CNCCOCC(=O)OCC. The first kappa shape index (κ1) is 13.6. The highest BCUT2D eigenvalue weighted by Crippen LogP contribution is 1.95. The van der Waals surface area contributed by atoms with Crippen molar-refractivity contribution in [3.05, 3.63) is 11.1 Å². The van der Waals surface area contributed by atoms with Crippen LogP contribution < -0.4 is 5.32 Å². The molecule has 5 heteroatoms. The van der Waals surface area contributed by atoms with Gasteiger partial charge in [-0.25, -0.2) is 4.79 Å². The van der Waals surface area contributed by atoms with Gasteiger partial charge < -0.3 is 14.8 Å². The van der Waals surface area contributed by atoms with Gasteiger partial charge in [-0.3, -0.25) is 0 Å². The summed E-state index contributed by atoms with van der Waals surface area (Å²) in [6.45, 7) is 7.71. The second kappa shape index (κ2) is 9.18. The van der Waals surface area contributed by atoms with Gasteiger partial charge in [0, 0.05) is 17.6 Å². The van der Waals surface area contributed by atoms with E-state index in [4.69, 9.17) is 4.74 Å². The predicted molar refractivity (Wildman–Crippen MR) is 58.4 cm³/mol. The van der Waals surface area contributed by atoms with Crippen molar-refractivity contribution >= 4 is 21.9 Å². The molecule has 0 saturated heterocycles. The molecule has 0 rings (SSSR count). The minimum absolute atomic E-state index is 0.0186. The van der Waals surface area contributed by atoms with Crippen LogP contribution in [0.15, 0.2) is 11.1 Å². The maximum Gasteiger partial charge on any atom is 0.332 e. The second-order valence-electron chi connectivity index (χ2n) is 2.55. The Morgan fingerprint density at radius 3 is 2.86 bits per heavy atom. The molecule has 0 spiro atoms. The number of ether oxygens (including phenoxy) is 2. The van der Waals surface area contributed by atoms with Crippen molar-refractivity contribution in [2.75, 3.05) is 32.9 Å². The molecule has 0 aliphatic carbocycles. The van der Waals surface area contributed by atoms with Gasteiger partial charge in [-0.2, -0.15) is 0 Å². The average Bonchev–Trinajstić information content (AvgIpc) is 2.11. The van der Waals surface area contributed by atoms with Gasteiger partial charge in [0.05, 0.1) is 13.2 Å². The summed E-state index contributed by atoms with van der Waals surface area (Å²) >= 11 is 3.22. The number of hydrogen-bond donors (Lipinski definition) is 1. The van der Waals surface area contributed by atoms with Gasteiger partial charge in [0.15, 0.2) is 0 Å². The van der Waals surface area contributed by atoms with Crippen LogP contribution in [0.2, 0.25) is 0 Å². The summed E-state index contributed by atoms with van der Waals surface area (Å²) in [5.41, 5.74) is 0. The molecule has 0 unspecified atom stereocenters. The highest BCUT2D eigenvalue weighted by molar-refractivity contribution is 9.11. The van der Waals surface area contributed by atoms with Crippen LogP contribution in [-0.2, 0) is 14.3 Å². The number of esters is 1. The number of carbonyl (C=O) groups is 1. The minimum Gasteiger partial charge on any atom is -0.464 e. The second-order valence-corrected chi connectivity index (χ2v) is 3.67. The average molecular weight is 266 g/mol. The van der Waals surface area contributed by atoms with Gasteiger partial charge in [-0.05, 0) is 6.92 Å². The third kappa shape index (κ3) is 9.70. The third-order valence-electron chi connectivity index (χ3n) is 1.27. The highest BCUT2D eigenvalue weighted by atomic mass is 79.9. The molecule has 1 N–H and O–H groups in total. The van der Waals surface area contributed by atoms with Gasteiger partial charge in [0.1, 0.15) is 6.61 Å². The molecule has 0 bridgehead atoms. The van der Waals surface area contributed by atoms with E-state index in [9.17, 15) is 4.79 Å². The summed E-state index contributed by atoms with van der Waals surface area (Å²) in [5.74, 6) is -0.322. The lowest BCUT2D eigenvalue weighted by Gasteiger charge is -2.05. The quantitative estimate of drug-likeness (QED) is 0.527. The lowest BCUT2D eigenvalue weighted by molar-refractivity contribution is -0.148. The van der Waals surface area contributed by atoms with E-state index in [2.05, 4.69) is 32.6 Å². The first-order chi connectivity index (χ1) is 6.66. The molecule has 82 valence electrons. The standard InChI is InChI=1S/C9H16BrNO3/c1-3-14-9(12)7-13-5-4-11-6-8(2)10/h11H,2-7H2,1H3. The molecule has 0 aromatic carbocycles. The monoisotopic (exact) mass is 265 g/mol. The molecule has 0 aliphatic rings. The molecule has 0 aromatic rings. The van der Waals surface area contributed by atoms with Crippen LogP contribution >= 0.6 is 15.9 Å². The molecule has 4 nitrogen and oxygen atoms in total. The van der Waals surface area contributed by atoms with Crippen LogP contribution in [0.1, 0.15) is 6.92 Å². The fraction of sp³-hybridized carbons (Fsp3) is 0.667. The third-order valence-corrected chi connectivity index (χ3v) is 1.55. The lowest BCUT2D eigenvalue weighted by atomic mass is 10.6. The zero-order valence-corrected chi connectivity index (χ0v) is 9.93. The van der Waals surface area contributed by atoms with Crippen molar-refractivity contribution in [2.24, 2.45) is 0 Å². The first-order valence-corrected chi connectivity index (χ1v) is 5.23. The fourth-order valence-electron chi connectivity index (χ4n) is 0.727. The van der Waals surface area contributed by atoms with Crippen LogP contribution in [0.25, 0.3) is 0 Å². The molecule has 0 amide bonds. The molecule has 0 fully saturated rings. The Bertz CT molecular complexity index is 185. The van der Waals surface area contributed by atoms with E-state index in [-0.39, 0.29) is 12.6 Å². The van der Waals surface area contributed by atoms with Crippen molar-refractivity contribution in [2.45, 2.75) is 6.92 Å². The summed E-state index contributed by atoms with van der Waals surface area (Å²) in [5, 5.41) is 3.07.